The number of phenolic OH excluding ortho intramolecular Hbond substituents is 1. The predicted molar refractivity (Wildman–Crippen MR) is 97.5 cm³/mol. The zero-order chi connectivity index (χ0) is 17.3. The number of phenols is 1. The fourth-order valence-corrected chi connectivity index (χ4v) is 3.31. The first-order chi connectivity index (χ1) is 11.5. The summed E-state index contributed by atoms with van der Waals surface area (Å²) in [5.41, 5.74) is 4.45. The van der Waals surface area contributed by atoms with E-state index < -0.39 is 0 Å². The molecule has 2 aromatic rings. The monoisotopic (exact) mass is 326 g/mol. The Morgan fingerprint density at radius 2 is 1.96 bits per heavy atom. The Labute approximate surface area is 143 Å². The van der Waals surface area contributed by atoms with Gasteiger partial charge >= 0.3 is 0 Å². The largest absolute Gasteiger partial charge is 0.507 e. The topological polar surface area (TPSA) is 61.3 Å². The second kappa shape index (κ2) is 6.77. The van der Waals surface area contributed by atoms with Gasteiger partial charge in [0, 0.05) is 18.2 Å². The van der Waals surface area contributed by atoms with Gasteiger partial charge in [0.25, 0.3) is 0 Å². The molecule has 0 spiro atoms. The summed E-state index contributed by atoms with van der Waals surface area (Å²) in [5.74, 6) is 1.10. The van der Waals surface area contributed by atoms with Crippen molar-refractivity contribution < 1.29 is 5.11 Å². The molecular weight excluding hydrogens is 300 g/mol. The van der Waals surface area contributed by atoms with Crippen molar-refractivity contribution in [3.8, 4) is 17.0 Å². The Kier molecular flexibility index (Phi) is 4.71. The number of nitrogens with one attached hydrogen (secondary N) is 1. The van der Waals surface area contributed by atoms with Gasteiger partial charge in [-0.3, -0.25) is 0 Å². The number of nitrogens with zero attached hydrogens (tertiary/aromatic N) is 3. The molecule has 128 valence electrons. The molecule has 1 atom stereocenters. The van der Waals surface area contributed by atoms with Crippen molar-refractivity contribution in [1.29, 1.82) is 0 Å². The smallest absolute Gasteiger partial charge is 0.149 e. The zero-order valence-electron chi connectivity index (χ0n) is 14.9. The van der Waals surface area contributed by atoms with E-state index in [-0.39, 0.29) is 0 Å². The van der Waals surface area contributed by atoms with Crippen LogP contribution in [-0.2, 0) is 0 Å². The molecule has 1 aromatic heterocycles. The molecule has 1 aliphatic heterocycles. The summed E-state index contributed by atoms with van der Waals surface area (Å²) in [4.78, 5) is 2.34. The van der Waals surface area contributed by atoms with Crippen molar-refractivity contribution in [1.82, 2.24) is 15.1 Å². The minimum atomic E-state index is 0.294. The van der Waals surface area contributed by atoms with Crippen LogP contribution >= 0.6 is 0 Å². The normalized spacial score (nSPS) is 18.6. The third-order valence-electron chi connectivity index (χ3n) is 4.92. The molecule has 3 rings (SSSR count). The summed E-state index contributed by atoms with van der Waals surface area (Å²) in [6.45, 7) is 8.11. The maximum atomic E-state index is 10.4. The van der Waals surface area contributed by atoms with Crippen LogP contribution in [0.3, 0.4) is 0 Å². The number of likely N-dealkylation sites (N-methyl/N-ethyl adjacent to an activating group) is 1. The van der Waals surface area contributed by atoms with Crippen LogP contribution in [0.25, 0.3) is 11.3 Å². The molecule has 2 N–H and O–H groups in total. The summed E-state index contributed by atoms with van der Waals surface area (Å²) in [6, 6.07) is 6.36. The van der Waals surface area contributed by atoms with Gasteiger partial charge in [-0.25, -0.2) is 0 Å². The van der Waals surface area contributed by atoms with Crippen LogP contribution in [0.4, 0.5) is 5.82 Å². The minimum absolute atomic E-state index is 0.294. The summed E-state index contributed by atoms with van der Waals surface area (Å²) in [7, 11) is 2.15. The van der Waals surface area contributed by atoms with Crippen LogP contribution in [0, 0.1) is 20.8 Å². The molecule has 24 heavy (non-hydrogen) atoms. The Morgan fingerprint density at radius 3 is 2.67 bits per heavy atom. The van der Waals surface area contributed by atoms with Gasteiger partial charge in [-0.2, -0.15) is 0 Å². The highest BCUT2D eigenvalue weighted by Gasteiger charge is 2.18. The lowest BCUT2D eigenvalue weighted by molar-refractivity contribution is 0.260. The van der Waals surface area contributed by atoms with Crippen molar-refractivity contribution in [2.24, 2.45) is 0 Å². The average molecular weight is 326 g/mol. The van der Waals surface area contributed by atoms with Crippen molar-refractivity contribution in [2.45, 2.75) is 39.7 Å². The lowest BCUT2D eigenvalue weighted by atomic mass is 10.00. The van der Waals surface area contributed by atoms with E-state index in [9.17, 15) is 5.11 Å². The molecule has 1 fully saturated rings. The van der Waals surface area contributed by atoms with Gasteiger partial charge in [-0.05, 0) is 76.0 Å². The number of hydrogen-bond acceptors (Lipinski definition) is 5. The van der Waals surface area contributed by atoms with Gasteiger partial charge in [0.2, 0.25) is 0 Å². The molecule has 0 bridgehead atoms. The number of piperidine rings is 1. The number of aryl methyl sites for hydroxylation is 2. The predicted octanol–water partition coefficient (Wildman–Crippen LogP) is 3.28. The van der Waals surface area contributed by atoms with E-state index >= 15 is 0 Å². The van der Waals surface area contributed by atoms with Gasteiger partial charge in [0.1, 0.15) is 11.6 Å². The quantitative estimate of drug-likeness (QED) is 0.906. The van der Waals surface area contributed by atoms with Gasteiger partial charge < -0.3 is 15.3 Å². The van der Waals surface area contributed by atoms with E-state index in [2.05, 4.69) is 27.5 Å². The second-order valence-electron chi connectivity index (χ2n) is 6.91. The molecule has 1 aromatic carbocycles. The van der Waals surface area contributed by atoms with Gasteiger partial charge in [0.15, 0.2) is 0 Å². The SMILES string of the molecule is Cc1cc(N[C@@H]2CCCN(C)C2)nnc1-c1ccc(C)c(C)c1O. The van der Waals surface area contributed by atoms with Crippen LogP contribution in [0.2, 0.25) is 0 Å². The Balaban J connectivity index is 1.84. The fraction of sp³-hybridized carbons (Fsp3) is 0.474. The molecule has 0 radical (unpaired) electrons. The van der Waals surface area contributed by atoms with E-state index in [0.717, 1.165) is 53.3 Å². The number of hydrogen-bond donors (Lipinski definition) is 2. The minimum Gasteiger partial charge on any atom is -0.507 e. The number of anilines is 1. The highest BCUT2D eigenvalue weighted by molar-refractivity contribution is 5.72. The molecule has 5 heteroatoms. The Morgan fingerprint density at radius 1 is 1.17 bits per heavy atom. The zero-order valence-corrected chi connectivity index (χ0v) is 14.9. The number of aromatic hydroxyl groups is 1. The first-order valence-electron chi connectivity index (χ1n) is 8.54. The fourth-order valence-electron chi connectivity index (χ4n) is 3.31. The van der Waals surface area contributed by atoms with Crippen molar-refractivity contribution in [2.75, 3.05) is 25.5 Å². The first-order valence-corrected chi connectivity index (χ1v) is 8.54. The third-order valence-corrected chi connectivity index (χ3v) is 4.92. The summed E-state index contributed by atoms with van der Waals surface area (Å²) >= 11 is 0. The summed E-state index contributed by atoms with van der Waals surface area (Å²) in [6.07, 6.45) is 2.36. The molecule has 2 heterocycles. The standard InChI is InChI=1S/C19H26N4O/c1-12-7-8-16(19(24)14(12)3)18-13(2)10-17(21-22-18)20-15-6-5-9-23(4)11-15/h7-8,10,15,24H,5-6,9,11H2,1-4H3,(H,20,21)/t15-/m1/s1. The van der Waals surface area contributed by atoms with Gasteiger partial charge in [-0.15, -0.1) is 10.2 Å². The molecule has 5 nitrogen and oxygen atoms in total. The third kappa shape index (κ3) is 3.36. The Bertz CT molecular complexity index is 744. The summed E-state index contributed by atoms with van der Waals surface area (Å²) in [5, 5.41) is 22.6. The van der Waals surface area contributed by atoms with E-state index in [1.54, 1.807) is 0 Å². The van der Waals surface area contributed by atoms with Gasteiger partial charge in [-0.1, -0.05) is 6.07 Å². The Hall–Kier alpha value is -2.14. The lowest BCUT2D eigenvalue weighted by Gasteiger charge is -2.30. The molecule has 1 saturated heterocycles. The summed E-state index contributed by atoms with van der Waals surface area (Å²) < 4.78 is 0. The van der Waals surface area contributed by atoms with Crippen molar-refractivity contribution in [3.05, 3.63) is 34.9 Å². The molecular formula is C19H26N4O. The van der Waals surface area contributed by atoms with Crippen LogP contribution in [0.15, 0.2) is 18.2 Å². The van der Waals surface area contributed by atoms with Crippen LogP contribution in [0.5, 0.6) is 5.75 Å². The van der Waals surface area contributed by atoms with Gasteiger partial charge in [0.05, 0.1) is 5.69 Å². The molecule has 0 saturated carbocycles. The molecule has 0 aliphatic carbocycles. The lowest BCUT2D eigenvalue weighted by Crippen LogP contribution is -2.39. The highest BCUT2D eigenvalue weighted by atomic mass is 16.3. The van der Waals surface area contributed by atoms with E-state index in [1.165, 1.54) is 6.42 Å². The van der Waals surface area contributed by atoms with E-state index in [0.29, 0.717) is 11.8 Å². The number of benzene rings is 1. The molecule has 1 aliphatic rings. The van der Waals surface area contributed by atoms with Crippen LogP contribution < -0.4 is 5.32 Å². The molecule has 0 unspecified atom stereocenters. The molecule has 0 amide bonds. The maximum absolute atomic E-state index is 10.4. The average Bonchev–Trinajstić information content (AvgIpc) is 2.54. The second-order valence-corrected chi connectivity index (χ2v) is 6.91. The van der Waals surface area contributed by atoms with Crippen molar-refractivity contribution >= 4 is 5.82 Å². The number of likely N-dealkylation sites (tertiary alicyclic amines) is 1. The van der Waals surface area contributed by atoms with Crippen LogP contribution in [-0.4, -0.2) is 46.4 Å². The van der Waals surface area contributed by atoms with Crippen molar-refractivity contribution in [3.63, 3.8) is 0 Å². The van der Waals surface area contributed by atoms with Crippen LogP contribution in [0.1, 0.15) is 29.5 Å². The maximum Gasteiger partial charge on any atom is 0.149 e. The van der Waals surface area contributed by atoms with E-state index in [4.69, 9.17) is 0 Å². The van der Waals surface area contributed by atoms with E-state index in [1.807, 2.05) is 39.0 Å². The first kappa shape index (κ1) is 16.7. The highest BCUT2D eigenvalue weighted by Crippen LogP contribution is 2.34. The number of aromatic nitrogens is 2. The number of rotatable bonds is 3.